The first-order chi connectivity index (χ1) is 9.13. The van der Waals surface area contributed by atoms with Gasteiger partial charge in [-0.1, -0.05) is 0 Å². The number of aryl methyl sites for hydroxylation is 3. The molecule has 2 saturated heterocycles. The Hall–Kier alpha value is -0.870. The molecule has 2 atom stereocenters. The number of nitrogens with two attached hydrogens (primary N) is 1. The second-order valence-corrected chi connectivity index (χ2v) is 6.36. The number of fused-ring (bicyclic) bond motifs is 2. The highest BCUT2D eigenvalue weighted by atomic mass is 15.3. The van der Waals surface area contributed by atoms with Crippen LogP contribution in [0.5, 0.6) is 0 Å². The van der Waals surface area contributed by atoms with Crippen molar-refractivity contribution in [3.63, 3.8) is 0 Å². The molecule has 4 heteroatoms. The number of nitrogens with zero attached hydrogens (tertiary/aromatic N) is 3. The molecule has 19 heavy (non-hydrogen) atoms. The van der Waals surface area contributed by atoms with Gasteiger partial charge >= 0.3 is 0 Å². The molecule has 2 aliphatic heterocycles. The Balaban J connectivity index is 1.52. The van der Waals surface area contributed by atoms with Crippen LogP contribution in [0.15, 0.2) is 6.07 Å². The molecule has 1 aromatic heterocycles. The van der Waals surface area contributed by atoms with Crippen molar-refractivity contribution in [1.29, 1.82) is 0 Å². The summed E-state index contributed by atoms with van der Waals surface area (Å²) in [5, 5.41) is 4.54. The van der Waals surface area contributed by atoms with E-state index in [9.17, 15) is 0 Å². The molecule has 106 valence electrons. The Kier molecular flexibility index (Phi) is 3.63. The van der Waals surface area contributed by atoms with E-state index in [1.807, 2.05) is 0 Å². The lowest BCUT2D eigenvalue weighted by Gasteiger charge is -2.37. The lowest BCUT2D eigenvalue weighted by molar-refractivity contribution is 0.124. The van der Waals surface area contributed by atoms with Crippen molar-refractivity contribution < 1.29 is 0 Å². The highest BCUT2D eigenvalue weighted by molar-refractivity contribution is 5.06. The van der Waals surface area contributed by atoms with Crippen LogP contribution in [0.2, 0.25) is 0 Å². The second-order valence-electron chi connectivity index (χ2n) is 6.36. The van der Waals surface area contributed by atoms with Crippen molar-refractivity contribution >= 4 is 0 Å². The normalized spacial score (nSPS) is 31.0. The maximum Gasteiger partial charge on any atom is 0.0596 e. The summed E-state index contributed by atoms with van der Waals surface area (Å²) in [6, 6.07) is 4.12. The molecule has 2 fully saturated rings. The summed E-state index contributed by atoms with van der Waals surface area (Å²) >= 11 is 0. The Morgan fingerprint density at radius 2 is 1.89 bits per heavy atom. The molecule has 0 aliphatic carbocycles. The van der Waals surface area contributed by atoms with Crippen molar-refractivity contribution in [2.24, 2.45) is 5.73 Å². The molecule has 4 nitrogen and oxygen atoms in total. The monoisotopic (exact) mass is 262 g/mol. The van der Waals surface area contributed by atoms with E-state index in [4.69, 9.17) is 5.73 Å². The van der Waals surface area contributed by atoms with Gasteiger partial charge in [0.1, 0.15) is 0 Å². The van der Waals surface area contributed by atoms with Crippen LogP contribution >= 0.6 is 0 Å². The van der Waals surface area contributed by atoms with E-state index in [1.165, 1.54) is 44.3 Å². The first-order valence-electron chi connectivity index (χ1n) is 7.66. The minimum absolute atomic E-state index is 0.449. The highest BCUT2D eigenvalue weighted by Gasteiger charge is 2.38. The molecule has 2 unspecified atom stereocenters. The van der Waals surface area contributed by atoms with E-state index in [1.54, 1.807) is 0 Å². The zero-order chi connectivity index (χ0) is 13.4. The Bertz CT molecular complexity index is 425. The molecule has 3 heterocycles. The first-order valence-corrected chi connectivity index (χ1v) is 7.66. The Morgan fingerprint density at radius 3 is 2.47 bits per heavy atom. The van der Waals surface area contributed by atoms with Gasteiger partial charge in [-0.25, -0.2) is 0 Å². The van der Waals surface area contributed by atoms with Crippen molar-refractivity contribution in [1.82, 2.24) is 14.7 Å². The van der Waals surface area contributed by atoms with E-state index >= 15 is 0 Å². The van der Waals surface area contributed by atoms with Gasteiger partial charge in [-0.3, -0.25) is 9.58 Å². The molecular formula is C15H26N4. The molecule has 1 aromatic rings. The first kappa shape index (κ1) is 13.1. The topological polar surface area (TPSA) is 47.1 Å². The van der Waals surface area contributed by atoms with Crippen molar-refractivity contribution in [2.75, 3.05) is 6.54 Å². The zero-order valence-corrected chi connectivity index (χ0v) is 12.2. The molecule has 0 spiro atoms. The van der Waals surface area contributed by atoms with Crippen LogP contribution in [-0.4, -0.2) is 39.4 Å². The molecular weight excluding hydrogens is 236 g/mol. The van der Waals surface area contributed by atoms with Gasteiger partial charge in [-0.05, 0) is 52.0 Å². The SMILES string of the molecule is Cc1cc(C)n(CCCN2C3CCC2CC(N)C3)n1. The van der Waals surface area contributed by atoms with Gasteiger partial charge in [0, 0.05) is 36.9 Å². The maximum absolute atomic E-state index is 6.12. The molecule has 2 aliphatic rings. The number of aromatic nitrogens is 2. The van der Waals surface area contributed by atoms with E-state index < -0.39 is 0 Å². The van der Waals surface area contributed by atoms with Gasteiger partial charge in [0.2, 0.25) is 0 Å². The van der Waals surface area contributed by atoms with Crippen LogP contribution in [0, 0.1) is 13.8 Å². The minimum Gasteiger partial charge on any atom is -0.328 e. The van der Waals surface area contributed by atoms with E-state index in [0.717, 1.165) is 24.3 Å². The van der Waals surface area contributed by atoms with E-state index in [-0.39, 0.29) is 0 Å². The smallest absolute Gasteiger partial charge is 0.0596 e. The van der Waals surface area contributed by atoms with Gasteiger partial charge in [-0.2, -0.15) is 5.10 Å². The number of rotatable bonds is 4. The minimum atomic E-state index is 0.449. The van der Waals surface area contributed by atoms with Gasteiger partial charge in [0.05, 0.1) is 5.69 Å². The lowest BCUT2D eigenvalue weighted by Crippen LogP contribution is -2.47. The van der Waals surface area contributed by atoms with E-state index in [2.05, 4.69) is 34.6 Å². The summed E-state index contributed by atoms with van der Waals surface area (Å²) < 4.78 is 2.15. The van der Waals surface area contributed by atoms with Crippen molar-refractivity contribution in [3.8, 4) is 0 Å². The van der Waals surface area contributed by atoms with Crippen LogP contribution in [0.25, 0.3) is 0 Å². The summed E-state index contributed by atoms with van der Waals surface area (Å²) in [6.45, 7) is 6.46. The zero-order valence-electron chi connectivity index (χ0n) is 12.2. The fraction of sp³-hybridized carbons (Fsp3) is 0.800. The third-order valence-corrected chi connectivity index (χ3v) is 4.81. The van der Waals surface area contributed by atoms with Gasteiger partial charge in [0.25, 0.3) is 0 Å². The standard InChI is InChI=1S/C15H26N4/c1-11-8-12(2)19(17-11)7-3-6-18-14-4-5-15(18)10-13(16)9-14/h8,13-15H,3-7,9-10,16H2,1-2H3. The highest BCUT2D eigenvalue weighted by Crippen LogP contribution is 2.34. The number of hydrogen-bond donors (Lipinski definition) is 1. The summed E-state index contributed by atoms with van der Waals surface area (Å²) in [5.41, 5.74) is 8.52. The Labute approximate surface area is 116 Å². The molecule has 0 aromatic carbocycles. The van der Waals surface area contributed by atoms with E-state index in [0.29, 0.717) is 6.04 Å². The van der Waals surface area contributed by atoms with Crippen LogP contribution in [0.4, 0.5) is 0 Å². The summed E-state index contributed by atoms with van der Waals surface area (Å²) in [4.78, 5) is 2.72. The molecule has 3 rings (SSSR count). The van der Waals surface area contributed by atoms with Gasteiger partial charge in [-0.15, -0.1) is 0 Å². The average molecular weight is 262 g/mol. The molecule has 0 saturated carbocycles. The molecule has 2 N–H and O–H groups in total. The van der Waals surface area contributed by atoms with Gasteiger partial charge < -0.3 is 5.73 Å². The maximum atomic E-state index is 6.12. The fourth-order valence-corrected chi connectivity index (χ4v) is 3.99. The van der Waals surface area contributed by atoms with Crippen LogP contribution < -0.4 is 5.73 Å². The predicted molar refractivity (Wildman–Crippen MR) is 77.0 cm³/mol. The largest absolute Gasteiger partial charge is 0.328 e. The third kappa shape index (κ3) is 2.70. The lowest BCUT2D eigenvalue weighted by atomic mass is 9.98. The van der Waals surface area contributed by atoms with Crippen molar-refractivity contribution in [2.45, 2.75) is 70.6 Å². The van der Waals surface area contributed by atoms with Gasteiger partial charge in [0.15, 0.2) is 0 Å². The summed E-state index contributed by atoms with van der Waals surface area (Å²) in [6.07, 6.45) is 6.33. The predicted octanol–water partition coefficient (Wildman–Crippen LogP) is 1.84. The quantitative estimate of drug-likeness (QED) is 0.900. The summed E-state index contributed by atoms with van der Waals surface area (Å²) in [7, 11) is 0. The summed E-state index contributed by atoms with van der Waals surface area (Å²) in [5.74, 6) is 0. The third-order valence-electron chi connectivity index (χ3n) is 4.81. The number of piperidine rings is 1. The van der Waals surface area contributed by atoms with Crippen LogP contribution in [-0.2, 0) is 6.54 Å². The average Bonchev–Trinajstić information content (AvgIpc) is 2.78. The fourth-order valence-electron chi connectivity index (χ4n) is 3.99. The molecule has 0 radical (unpaired) electrons. The second kappa shape index (κ2) is 5.25. The van der Waals surface area contributed by atoms with Crippen LogP contribution in [0.3, 0.4) is 0 Å². The molecule has 0 amide bonds. The Morgan fingerprint density at radius 1 is 1.21 bits per heavy atom. The van der Waals surface area contributed by atoms with Crippen molar-refractivity contribution in [3.05, 3.63) is 17.5 Å². The van der Waals surface area contributed by atoms with Crippen LogP contribution in [0.1, 0.15) is 43.5 Å². The number of hydrogen-bond acceptors (Lipinski definition) is 3. The molecule has 2 bridgehead atoms.